The first-order valence-corrected chi connectivity index (χ1v) is 8.29. The van der Waals surface area contributed by atoms with E-state index in [1.54, 1.807) is 0 Å². The largest absolute Gasteiger partial charge is 0.376 e. The maximum atomic E-state index is 12.2. The number of piperazine rings is 1. The molecule has 2 aliphatic rings. The number of imide groups is 1. The molecule has 3 N–H and O–H groups in total. The van der Waals surface area contributed by atoms with Gasteiger partial charge in [-0.05, 0) is 24.1 Å². The van der Waals surface area contributed by atoms with Crippen LogP contribution >= 0.6 is 0 Å². The Balaban J connectivity index is 1.60. The van der Waals surface area contributed by atoms with E-state index in [9.17, 15) is 14.4 Å². The van der Waals surface area contributed by atoms with E-state index in [2.05, 4.69) is 16.0 Å². The minimum atomic E-state index is -0.312. The number of piperidine rings is 1. The van der Waals surface area contributed by atoms with Crippen LogP contribution in [0.2, 0.25) is 0 Å². The molecular formula is C17H22N4O3. The average Bonchev–Trinajstić information content (AvgIpc) is 2.60. The Hall–Kier alpha value is -2.41. The number of benzene rings is 1. The summed E-state index contributed by atoms with van der Waals surface area (Å²) >= 11 is 0. The van der Waals surface area contributed by atoms with Gasteiger partial charge in [-0.3, -0.25) is 19.7 Å². The Bertz CT molecular complexity index is 640. The van der Waals surface area contributed by atoms with Crippen LogP contribution in [-0.4, -0.2) is 55.3 Å². The molecule has 2 aliphatic heterocycles. The van der Waals surface area contributed by atoms with Gasteiger partial charge < -0.3 is 15.5 Å². The van der Waals surface area contributed by atoms with Crippen molar-refractivity contribution in [3.63, 3.8) is 0 Å². The third kappa shape index (κ3) is 3.91. The fraction of sp³-hybridized carbons (Fsp3) is 0.471. The van der Waals surface area contributed by atoms with E-state index in [-0.39, 0.29) is 30.2 Å². The van der Waals surface area contributed by atoms with Crippen molar-refractivity contribution >= 4 is 23.4 Å². The van der Waals surface area contributed by atoms with Crippen molar-refractivity contribution in [2.75, 3.05) is 38.0 Å². The van der Waals surface area contributed by atoms with Crippen LogP contribution in [0.5, 0.6) is 0 Å². The second-order valence-electron chi connectivity index (χ2n) is 6.11. The van der Waals surface area contributed by atoms with Gasteiger partial charge in [0.25, 0.3) is 0 Å². The van der Waals surface area contributed by atoms with Gasteiger partial charge in [-0.1, -0.05) is 12.1 Å². The van der Waals surface area contributed by atoms with Crippen LogP contribution in [0.1, 0.15) is 24.3 Å². The van der Waals surface area contributed by atoms with Gasteiger partial charge in [-0.15, -0.1) is 0 Å². The van der Waals surface area contributed by atoms with E-state index >= 15 is 0 Å². The minimum absolute atomic E-state index is 0.0721. The van der Waals surface area contributed by atoms with E-state index < -0.39 is 0 Å². The van der Waals surface area contributed by atoms with Gasteiger partial charge >= 0.3 is 0 Å². The maximum Gasteiger partial charge on any atom is 0.241 e. The molecule has 1 unspecified atom stereocenters. The summed E-state index contributed by atoms with van der Waals surface area (Å²) in [6.07, 6.45) is 0.878. The fourth-order valence-corrected chi connectivity index (χ4v) is 3.08. The molecule has 0 bridgehead atoms. The molecule has 3 amide bonds. The number of anilines is 1. The van der Waals surface area contributed by atoms with Gasteiger partial charge in [0.2, 0.25) is 17.7 Å². The number of carbonyl (C=O) groups excluding carboxylic acids is 3. The molecule has 0 saturated carbocycles. The number of hydrogen-bond acceptors (Lipinski definition) is 5. The molecule has 0 aliphatic carbocycles. The van der Waals surface area contributed by atoms with Crippen molar-refractivity contribution in [3.8, 4) is 0 Å². The summed E-state index contributed by atoms with van der Waals surface area (Å²) in [6.45, 7) is 3.36. The Morgan fingerprint density at radius 1 is 1.25 bits per heavy atom. The minimum Gasteiger partial charge on any atom is -0.376 e. The highest BCUT2D eigenvalue weighted by Gasteiger charge is 2.28. The van der Waals surface area contributed by atoms with Gasteiger partial charge in [-0.2, -0.15) is 0 Å². The standard InChI is InChI=1S/C17H22N4O3/c22-15-5-4-14(17(24)20-15)12-2-1-3-13(10-12)19-11-16(23)21-8-6-18-7-9-21/h1-3,10,14,18-19H,4-9,11H2,(H,20,22,24). The SMILES string of the molecule is O=C1CCC(c2cccc(NCC(=O)N3CCNCC3)c2)C(=O)N1. The molecule has 1 aromatic rings. The molecule has 24 heavy (non-hydrogen) atoms. The Kier molecular flexibility index (Phi) is 5.10. The monoisotopic (exact) mass is 330 g/mol. The summed E-state index contributed by atoms with van der Waals surface area (Å²) in [5.41, 5.74) is 1.67. The molecule has 0 aromatic heterocycles. The third-order valence-electron chi connectivity index (χ3n) is 4.44. The van der Waals surface area contributed by atoms with E-state index in [1.165, 1.54) is 0 Å². The summed E-state index contributed by atoms with van der Waals surface area (Å²) in [5.74, 6) is -0.705. The van der Waals surface area contributed by atoms with Crippen LogP contribution in [-0.2, 0) is 14.4 Å². The molecule has 2 heterocycles. The summed E-state index contributed by atoms with van der Waals surface area (Å²) < 4.78 is 0. The van der Waals surface area contributed by atoms with Crippen molar-refractivity contribution in [2.45, 2.75) is 18.8 Å². The van der Waals surface area contributed by atoms with Crippen LogP contribution in [0.15, 0.2) is 24.3 Å². The van der Waals surface area contributed by atoms with E-state index in [0.717, 1.165) is 37.4 Å². The van der Waals surface area contributed by atoms with Crippen molar-refractivity contribution in [2.24, 2.45) is 0 Å². The zero-order chi connectivity index (χ0) is 16.9. The number of hydrogen-bond donors (Lipinski definition) is 3. The lowest BCUT2D eigenvalue weighted by molar-refractivity contribution is -0.134. The van der Waals surface area contributed by atoms with Crippen molar-refractivity contribution in [1.82, 2.24) is 15.5 Å². The van der Waals surface area contributed by atoms with E-state index in [0.29, 0.717) is 12.8 Å². The van der Waals surface area contributed by atoms with E-state index in [4.69, 9.17) is 0 Å². The highest BCUT2D eigenvalue weighted by Crippen LogP contribution is 2.26. The first-order chi connectivity index (χ1) is 11.6. The number of amides is 3. The summed E-state index contributed by atoms with van der Waals surface area (Å²) in [4.78, 5) is 37.2. The Morgan fingerprint density at radius 2 is 2.04 bits per heavy atom. The van der Waals surface area contributed by atoms with Crippen LogP contribution < -0.4 is 16.0 Å². The van der Waals surface area contributed by atoms with Gasteiger partial charge in [-0.25, -0.2) is 0 Å². The maximum absolute atomic E-state index is 12.2. The normalized spacial score (nSPS) is 21.3. The number of nitrogens with zero attached hydrogens (tertiary/aromatic N) is 1. The van der Waals surface area contributed by atoms with Gasteiger partial charge in [0.15, 0.2) is 0 Å². The molecule has 3 rings (SSSR count). The van der Waals surface area contributed by atoms with Crippen molar-refractivity contribution < 1.29 is 14.4 Å². The third-order valence-corrected chi connectivity index (χ3v) is 4.44. The second kappa shape index (κ2) is 7.44. The Morgan fingerprint density at radius 3 is 2.79 bits per heavy atom. The zero-order valence-corrected chi connectivity index (χ0v) is 13.5. The zero-order valence-electron chi connectivity index (χ0n) is 13.5. The van der Waals surface area contributed by atoms with Crippen LogP contribution in [0.25, 0.3) is 0 Å². The summed E-state index contributed by atoms with van der Waals surface area (Å²) in [5, 5.41) is 8.73. The number of carbonyl (C=O) groups is 3. The topological polar surface area (TPSA) is 90.5 Å². The lowest BCUT2D eigenvalue weighted by atomic mass is 9.90. The molecular weight excluding hydrogens is 308 g/mol. The summed E-state index contributed by atoms with van der Waals surface area (Å²) in [7, 11) is 0. The van der Waals surface area contributed by atoms with Gasteiger partial charge in [0.05, 0.1) is 12.5 Å². The molecule has 128 valence electrons. The Labute approximate surface area is 140 Å². The molecule has 7 nitrogen and oxygen atoms in total. The summed E-state index contributed by atoms with van der Waals surface area (Å²) in [6, 6.07) is 7.49. The first kappa shape index (κ1) is 16.4. The highest BCUT2D eigenvalue weighted by atomic mass is 16.2. The molecule has 7 heteroatoms. The van der Waals surface area contributed by atoms with Crippen molar-refractivity contribution in [1.29, 1.82) is 0 Å². The fourth-order valence-electron chi connectivity index (χ4n) is 3.08. The second-order valence-corrected chi connectivity index (χ2v) is 6.11. The van der Waals surface area contributed by atoms with Crippen LogP contribution in [0.4, 0.5) is 5.69 Å². The van der Waals surface area contributed by atoms with Crippen molar-refractivity contribution in [3.05, 3.63) is 29.8 Å². The molecule has 0 spiro atoms. The molecule has 1 aromatic carbocycles. The molecule has 2 saturated heterocycles. The number of nitrogens with one attached hydrogen (secondary N) is 3. The average molecular weight is 330 g/mol. The van der Waals surface area contributed by atoms with Gasteiger partial charge in [0, 0.05) is 38.3 Å². The smallest absolute Gasteiger partial charge is 0.241 e. The van der Waals surface area contributed by atoms with Gasteiger partial charge in [0.1, 0.15) is 0 Å². The first-order valence-electron chi connectivity index (χ1n) is 8.29. The molecule has 0 radical (unpaired) electrons. The quantitative estimate of drug-likeness (QED) is 0.679. The predicted octanol–water partition coefficient (Wildman–Crippen LogP) is 0.0505. The van der Waals surface area contributed by atoms with Crippen LogP contribution in [0.3, 0.4) is 0 Å². The molecule has 2 fully saturated rings. The predicted molar refractivity (Wildman–Crippen MR) is 89.5 cm³/mol. The highest BCUT2D eigenvalue weighted by molar-refractivity contribution is 6.01. The van der Waals surface area contributed by atoms with E-state index in [1.807, 2.05) is 29.2 Å². The molecule has 1 atom stereocenters. The number of rotatable bonds is 4. The lowest BCUT2D eigenvalue weighted by Gasteiger charge is -2.27. The lowest BCUT2D eigenvalue weighted by Crippen LogP contribution is -2.48. The van der Waals surface area contributed by atoms with Crippen LogP contribution in [0, 0.1) is 0 Å².